The molecule has 2 aromatic carbocycles. The van der Waals surface area contributed by atoms with Crippen LogP contribution in [0.15, 0.2) is 46.9 Å². The predicted octanol–water partition coefficient (Wildman–Crippen LogP) is 3.37. The first kappa shape index (κ1) is 11.7. The summed E-state index contributed by atoms with van der Waals surface area (Å²) in [6, 6.07) is 14.6. The van der Waals surface area contributed by atoms with Crippen LogP contribution in [0.2, 0.25) is 0 Å². The first-order valence-corrected chi connectivity index (χ1v) is 6.97. The highest BCUT2D eigenvalue weighted by atomic mass is 16.3. The monoisotopic (exact) mass is 264 g/mol. The maximum atomic E-state index is 5.99. The minimum absolute atomic E-state index is 0.201. The number of fused-ring (bicyclic) bond motifs is 2. The molecule has 0 bridgehead atoms. The highest BCUT2D eigenvalue weighted by molar-refractivity contribution is 5.76. The zero-order chi connectivity index (χ0) is 13.5. The topological polar surface area (TPSA) is 38.1 Å². The molecule has 2 heterocycles. The number of para-hydroxylation sites is 1. The maximum absolute atomic E-state index is 5.99. The van der Waals surface area contributed by atoms with E-state index in [4.69, 9.17) is 9.40 Å². The van der Waals surface area contributed by atoms with E-state index in [0.29, 0.717) is 0 Å². The average Bonchev–Trinajstić information content (AvgIpc) is 2.92. The molecule has 3 aromatic rings. The van der Waals surface area contributed by atoms with Crippen LogP contribution in [0.5, 0.6) is 0 Å². The molecule has 0 saturated carbocycles. The number of aryl methyl sites for hydroxylation is 1. The second kappa shape index (κ2) is 4.46. The lowest BCUT2D eigenvalue weighted by atomic mass is 9.91. The number of oxazole rings is 1. The minimum atomic E-state index is 0.201. The van der Waals surface area contributed by atoms with Gasteiger partial charge in [0.2, 0.25) is 5.89 Å². The van der Waals surface area contributed by atoms with Gasteiger partial charge in [-0.3, -0.25) is 0 Å². The molecule has 0 aliphatic carbocycles. The van der Waals surface area contributed by atoms with E-state index in [9.17, 15) is 0 Å². The molecule has 20 heavy (non-hydrogen) atoms. The summed E-state index contributed by atoms with van der Waals surface area (Å²) in [7, 11) is 0. The van der Waals surface area contributed by atoms with Crippen LogP contribution in [0.4, 0.5) is 0 Å². The second-order valence-electron chi connectivity index (χ2n) is 5.36. The zero-order valence-electron chi connectivity index (χ0n) is 11.4. The Balaban J connectivity index is 1.86. The van der Waals surface area contributed by atoms with Crippen LogP contribution in [-0.4, -0.2) is 11.5 Å². The van der Waals surface area contributed by atoms with Crippen LogP contribution in [0.25, 0.3) is 11.1 Å². The second-order valence-corrected chi connectivity index (χ2v) is 5.36. The van der Waals surface area contributed by atoms with Crippen molar-refractivity contribution in [3.05, 3.63) is 65.0 Å². The van der Waals surface area contributed by atoms with Crippen molar-refractivity contribution < 1.29 is 4.42 Å². The molecule has 0 radical (unpaired) electrons. The smallest absolute Gasteiger partial charge is 0.204 e. The molecule has 0 amide bonds. The molecule has 1 aliphatic rings. The third kappa shape index (κ3) is 1.74. The van der Waals surface area contributed by atoms with Crippen molar-refractivity contribution in [2.24, 2.45) is 0 Å². The van der Waals surface area contributed by atoms with E-state index in [1.165, 1.54) is 11.1 Å². The molecule has 0 fully saturated rings. The summed E-state index contributed by atoms with van der Waals surface area (Å²) in [6.45, 7) is 3.87. The van der Waals surface area contributed by atoms with Crippen LogP contribution in [-0.2, 0) is 6.54 Å². The highest BCUT2D eigenvalue weighted by Crippen LogP contribution is 2.31. The summed E-state index contributed by atoms with van der Waals surface area (Å²) in [5.74, 6) is 1.01. The standard InChI is InChI=1S/C17H16N2O/c1-11-5-4-8-15-16(11)19-17(20-15)14-10-18-9-12-6-2-3-7-13(12)14/h2-8,14,18H,9-10H2,1H3. The third-order valence-corrected chi connectivity index (χ3v) is 4.03. The quantitative estimate of drug-likeness (QED) is 0.732. The Morgan fingerprint density at radius 3 is 2.95 bits per heavy atom. The van der Waals surface area contributed by atoms with Crippen LogP contribution < -0.4 is 5.32 Å². The van der Waals surface area contributed by atoms with E-state index >= 15 is 0 Å². The molecular weight excluding hydrogens is 248 g/mol. The van der Waals surface area contributed by atoms with Crippen molar-refractivity contribution in [3.63, 3.8) is 0 Å². The fourth-order valence-corrected chi connectivity index (χ4v) is 2.97. The van der Waals surface area contributed by atoms with Gasteiger partial charge in [-0.25, -0.2) is 4.98 Å². The van der Waals surface area contributed by atoms with E-state index in [-0.39, 0.29) is 5.92 Å². The lowest BCUT2D eigenvalue weighted by Gasteiger charge is -2.23. The van der Waals surface area contributed by atoms with Crippen molar-refractivity contribution in [2.75, 3.05) is 6.54 Å². The number of hydrogen-bond acceptors (Lipinski definition) is 3. The Bertz CT molecular complexity index is 776. The molecule has 1 atom stereocenters. The van der Waals surface area contributed by atoms with Gasteiger partial charge in [-0.1, -0.05) is 36.4 Å². The van der Waals surface area contributed by atoms with E-state index in [1.54, 1.807) is 0 Å². The lowest BCUT2D eigenvalue weighted by molar-refractivity contribution is 0.464. The minimum Gasteiger partial charge on any atom is -0.440 e. The van der Waals surface area contributed by atoms with Crippen LogP contribution in [0.3, 0.4) is 0 Å². The molecule has 3 heteroatoms. The van der Waals surface area contributed by atoms with Crippen LogP contribution >= 0.6 is 0 Å². The van der Waals surface area contributed by atoms with Crippen molar-refractivity contribution in [3.8, 4) is 0 Å². The normalized spacial score (nSPS) is 18.1. The van der Waals surface area contributed by atoms with E-state index in [0.717, 1.165) is 35.6 Å². The molecular formula is C17H16N2O. The van der Waals surface area contributed by atoms with Gasteiger partial charge >= 0.3 is 0 Å². The van der Waals surface area contributed by atoms with Gasteiger partial charge in [0.15, 0.2) is 5.58 Å². The SMILES string of the molecule is Cc1cccc2oc(C3CNCc4ccccc43)nc12. The fraction of sp³-hybridized carbons (Fsp3) is 0.235. The van der Waals surface area contributed by atoms with Gasteiger partial charge in [0, 0.05) is 13.1 Å². The van der Waals surface area contributed by atoms with Gasteiger partial charge in [0.1, 0.15) is 5.52 Å². The molecule has 1 aliphatic heterocycles. The maximum Gasteiger partial charge on any atom is 0.204 e. The predicted molar refractivity (Wildman–Crippen MR) is 78.7 cm³/mol. The van der Waals surface area contributed by atoms with Gasteiger partial charge in [0.05, 0.1) is 5.92 Å². The van der Waals surface area contributed by atoms with Gasteiger partial charge in [-0.05, 0) is 29.7 Å². The van der Waals surface area contributed by atoms with Gasteiger partial charge in [0.25, 0.3) is 0 Å². The molecule has 1 N–H and O–H groups in total. The molecule has 1 unspecified atom stereocenters. The van der Waals surface area contributed by atoms with Crippen LogP contribution in [0.1, 0.15) is 28.5 Å². The van der Waals surface area contributed by atoms with Gasteiger partial charge in [-0.2, -0.15) is 0 Å². The van der Waals surface area contributed by atoms with Gasteiger partial charge in [-0.15, -0.1) is 0 Å². The number of aromatic nitrogens is 1. The Labute approximate surface area is 117 Å². The zero-order valence-corrected chi connectivity index (χ0v) is 11.4. The number of rotatable bonds is 1. The summed E-state index contributed by atoms with van der Waals surface area (Å²) in [6.07, 6.45) is 0. The van der Waals surface area contributed by atoms with Crippen molar-refractivity contribution in [2.45, 2.75) is 19.4 Å². The largest absolute Gasteiger partial charge is 0.440 e. The Morgan fingerprint density at radius 2 is 2.05 bits per heavy atom. The summed E-state index contributed by atoms with van der Waals surface area (Å²) < 4.78 is 5.99. The van der Waals surface area contributed by atoms with E-state index in [1.807, 2.05) is 12.1 Å². The lowest BCUT2D eigenvalue weighted by Crippen LogP contribution is -2.28. The molecule has 100 valence electrons. The Morgan fingerprint density at radius 1 is 1.15 bits per heavy atom. The van der Waals surface area contributed by atoms with Crippen LogP contribution in [0, 0.1) is 6.92 Å². The summed E-state index contributed by atoms with van der Waals surface area (Å²) in [5, 5.41) is 3.45. The number of hydrogen-bond donors (Lipinski definition) is 1. The fourth-order valence-electron chi connectivity index (χ4n) is 2.97. The molecule has 3 nitrogen and oxygen atoms in total. The van der Waals surface area contributed by atoms with E-state index < -0.39 is 0 Å². The van der Waals surface area contributed by atoms with Crippen molar-refractivity contribution in [1.29, 1.82) is 0 Å². The number of benzene rings is 2. The molecule has 1 aromatic heterocycles. The van der Waals surface area contributed by atoms with Crippen molar-refractivity contribution >= 4 is 11.1 Å². The molecule has 0 spiro atoms. The number of nitrogens with one attached hydrogen (secondary N) is 1. The average molecular weight is 264 g/mol. The highest BCUT2D eigenvalue weighted by Gasteiger charge is 2.25. The first-order chi connectivity index (χ1) is 9.83. The van der Waals surface area contributed by atoms with Gasteiger partial charge < -0.3 is 9.73 Å². The Kier molecular flexibility index (Phi) is 2.60. The van der Waals surface area contributed by atoms with E-state index in [2.05, 4.69) is 42.6 Å². The summed E-state index contributed by atoms with van der Waals surface area (Å²) in [4.78, 5) is 4.73. The van der Waals surface area contributed by atoms with Crippen molar-refractivity contribution in [1.82, 2.24) is 10.3 Å². The molecule has 0 saturated heterocycles. The molecule has 4 rings (SSSR count). The summed E-state index contributed by atoms with van der Waals surface area (Å²) >= 11 is 0. The summed E-state index contributed by atoms with van der Waals surface area (Å²) in [5.41, 5.74) is 5.68. The third-order valence-electron chi connectivity index (χ3n) is 4.03. The number of nitrogens with zero attached hydrogens (tertiary/aromatic N) is 1. The Hall–Kier alpha value is -2.13. The first-order valence-electron chi connectivity index (χ1n) is 6.97.